The number of nitrogens with zero attached hydrogens (tertiary/aromatic N) is 3. The van der Waals surface area contributed by atoms with Gasteiger partial charge in [-0.2, -0.15) is 0 Å². The molecular weight excluding hydrogens is 410 g/mol. The average Bonchev–Trinajstić information content (AvgIpc) is 2.64. The molecule has 0 fully saturated rings. The van der Waals surface area contributed by atoms with E-state index in [0.717, 1.165) is 10.6 Å². The third kappa shape index (κ3) is 5.47. The predicted molar refractivity (Wildman–Crippen MR) is 116 cm³/mol. The van der Waals surface area contributed by atoms with Crippen molar-refractivity contribution in [2.24, 2.45) is 0 Å². The number of benzene rings is 2. The zero-order valence-electron chi connectivity index (χ0n) is 17.7. The number of nitro benzene ring substituents is 1. The minimum Gasteiger partial charge on any atom is -0.443 e. The molecular formula is C20H25N3O6S. The van der Waals surface area contributed by atoms with Gasteiger partial charge in [-0.05, 0) is 50.1 Å². The van der Waals surface area contributed by atoms with E-state index in [9.17, 15) is 23.3 Å². The van der Waals surface area contributed by atoms with Crippen molar-refractivity contribution in [3.8, 4) is 11.1 Å². The van der Waals surface area contributed by atoms with E-state index in [2.05, 4.69) is 0 Å². The highest BCUT2D eigenvalue weighted by molar-refractivity contribution is 7.92. The zero-order valence-corrected chi connectivity index (χ0v) is 18.6. The summed E-state index contributed by atoms with van der Waals surface area (Å²) in [5.41, 5.74) is 0.844. The molecule has 0 saturated heterocycles. The van der Waals surface area contributed by atoms with Crippen molar-refractivity contribution in [1.82, 2.24) is 0 Å². The maximum atomic E-state index is 12.2. The summed E-state index contributed by atoms with van der Waals surface area (Å²) in [6.45, 7) is 5.33. The molecule has 0 spiro atoms. The molecule has 0 atom stereocenters. The van der Waals surface area contributed by atoms with E-state index in [1.807, 2.05) is 0 Å². The minimum absolute atomic E-state index is 0.0208. The predicted octanol–water partition coefficient (Wildman–Crippen LogP) is 4.03. The van der Waals surface area contributed by atoms with Crippen LogP contribution < -0.4 is 9.21 Å². The average molecular weight is 436 g/mol. The van der Waals surface area contributed by atoms with E-state index in [1.54, 1.807) is 58.2 Å². The van der Waals surface area contributed by atoms with Crippen LogP contribution in [0.3, 0.4) is 0 Å². The first-order chi connectivity index (χ1) is 13.7. The smallest absolute Gasteiger partial charge is 0.414 e. The Morgan fingerprint density at radius 2 is 1.57 bits per heavy atom. The van der Waals surface area contributed by atoms with Crippen LogP contribution in [0.15, 0.2) is 42.5 Å². The third-order valence-corrected chi connectivity index (χ3v) is 5.46. The van der Waals surface area contributed by atoms with Crippen molar-refractivity contribution in [1.29, 1.82) is 0 Å². The number of anilines is 2. The van der Waals surface area contributed by atoms with Crippen molar-refractivity contribution in [2.45, 2.75) is 26.4 Å². The molecule has 0 aliphatic rings. The van der Waals surface area contributed by atoms with Crippen LogP contribution in [0.1, 0.15) is 20.8 Å². The lowest BCUT2D eigenvalue weighted by Gasteiger charge is -2.24. The number of hydrogen-bond acceptors (Lipinski definition) is 6. The molecule has 0 unspecified atom stereocenters. The van der Waals surface area contributed by atoms with Gasteiger partial charge in [-0.1, -0.05) is 18.2 Å². The van der Waals surface area contributed by atoms with Crippen molar-refractivity contribution in [3.05, 3.63) is 52.6 Å². The van der Waals surface area contributed by atoms with Gasteiger partial charge in [0.25, 0.3) is 5.69 Å². The fraction of sp³-hybridized carbons (Fsp3) is 0.350. The molecule has 0 saturated carbocycles. The van der Waals surface area contributed by atoms with Gasteiger partial charge < -0.3 is 4.74 Å². The Bertz CT molecular complexity index is 1060. The van der Waals surface area contributed by atoms with Crippen LogP contribution in [-0.2, 0) is 14.8 Å². The first kappa shape index (κ1) is 23.1. The van der Waals surface area contributed by atoms with E-state index in [-0.39, 0.29) is 11.4 Å². The highest BCUT2D eigenvalue weighted by atomic mass is 32.2. The topological polar surface area (TPSA) is 110 Å². The molecule has 2 aromatic carbocycles. The second-order valence-corrected chi connectivity index (χ2v) is 9.79. The van der Waals surface area contributed by atoms with Gasteiger partial charge in [0.15, 0.2) is 0 Å². The van der Waals surface area contributed by atoms with Crippen LogP contribution in [-0.4, -0.2) is 45.4 Å². The molecule has 0 N–H and O–H groups in total. The van der Waals surface area contributed by atoms with Gasteiger partial charge in [-0.25, -0.2) is 13.2 Å². The summed E-state index contributed by atoms with van der Waals surface area (Å²) in [6.07, 6.45) is 0.476. The van der Waals surface area contributed by atoms with Crippen molar-refractivity contribution in [3.63, 3.8) is 0 Å². The van der Waals surface area contributed by atoms with Gasteiger partial charge in [-0.15, -0.1) is 0 Å². The number of amides is 1. The Labute approximate surface area is 176 Å². The highest BCUT2D eigenvalue weighted by Crippen LogP contribution is 2.34. The standard InChI is InChI=1S/C20H25N3O6S/c1-20(2,3)29-19(24)21(4)16-10-7-14(8-11-16)15-9-12-17(18(13-15)23(25)26)22(5)30(6,27)28/h7-13H,1-6H3. The Morgan fingerprint density at radius 1 is 1.03 bits per heavy atom. The van der Waals surface area contributed by atoms with Crippen molar-refractivity contribution < 1.29 is 22.9 Å². The number of sulfonamides is 1. The molecule has 0 heterocycles. The number of nitro groups is 1. The molecule has 10 heteroatoms. The molecule has 30 heavy (non-hydrogen) atoms. The molecule has 162 valence electrons. The van der Waals surface area contributed by atoms with Crippen LogP contribution in [0.4, 0.5) is 21.9 Å². The summed E-state index contributed by atoms with van der Waals surface area (Å²) >= 11 is 0. The maximum Gasteiger partial charge on any atom is 0.414 e. The van der Waals surface area contributed by atoms with Gasteiger partial charge in [0, 0.05) is 25.8 Å². The SMILES string of the molecule is CN(C(=O)OC(C)(C)C)c1ccc(-c2ccc(N(C)S(C)(=O)=O)c([N+](=O)[O-])c2)cc1. The van der Waals surface area contributed by atoms with Crippen LogP contribution in [0.5, 0.6) is 0 Å². The number of ether oxygens (including phenoxy) is 1. The number of carbonyl (C=O) groups is 1. The van der Waals surface area contributed by atoms with Crippen LogP contribution in [0.25, 0.3) is 11.1 Å². The maximum absolute atomic E-state index is 12.2. The normalized spacial score (nSPS) is 11.7. The third-order valence-electron chi connectivity index (χ3n) is 4.26. The zero-order chi connectivity index (χ0) is 22.9. The summed E-state index contributed by atoms with van der Waals surface area (Å²) in [4.78, 5) is 24.4. The van der Waals surface area contributed by atoms with Gasteiger partial charge >= 0.3 is 6.09 Å². The minimum atomic E-state index is -3.65. The Morgan fingerprint density at radius 3 is 2.03 bits per heavy atom. The summed E-state index contributed by atoms with van der Waals surface area (Å²) in [7, 11) is -0.797. The van der Waals surface area contributed by atoms with Crippen molar-refractivity contribution in [2.75, 3.05) is 29.6 Å². The monoisotopic (exact) mass is 435 g/mol. The fourth-order valence-electron chi connectivity index (χ4n) is 2.61. The molecule has 0 bridgehead atoms. The Kier molecular flexibility index (Phi) is 6.41. The second kappa shape index (κ2) is 8.31. The summed E-state index contributed by atoms with van der Waals surface area (Å²) in [6, 6.07) is 11.2. The number of hydrogen-bond donors (Lipinski definition) is 0. The quantitative estimate of drug-likeness (QED) is 0.518. The van der Waals surface area contributed by atoms with Gasteiger partial charge in [0.2, 0.25) is 10.0 Å². The molecule has 0 aliphatic heterocycles. The Hall–Kier alpha value is -3.14. The second-order valence-electron chi connectivity index (χ2n) is 7.78. The first-order valence-electron chi connectivity index (χ1n) is 9.00. The van der Waals surface area contributed by atoms with E-state index in [0.29, 0.717) is 16.8 Å². The van der Waals surface area contributed by atoms with Gasteiger partial charge in [0.05, 0.1) is 11.2 Å². The molecule has 1 amide bonds. The van der Waals surface area contributed by atoms with Crippen LogP contribution in [0.2, 0.25) is 0 Å². The fourth-order valence-corrected chi connectivity index (χ4v) is 3.12. The molecule has 0 aromatic heterocycles. The van der Waals surface area contributed by atoms with E-state index >= 15 is 0 Å². The molecule has 2 aromatic rings. The molecule has 9 nitrogen and oxygen atoms in total. The number of rotatable bonds is 5. The lowest BCUT2D eigenvalue weighted by atomic mass is 10.0. The van der Waals surface area contributed by atoms with Crippen LogP contribution >= 0.6 is 0 Å². The number of carbonyl (C=O) groups excluding carboxylic acids is 1. The Balaban J connectivity index is 2.36. The van der Waals surface area contributed by atoms with Gasteiger partial charge in [-0.3, -0.25) is 19.3 Å². The summed E-state index contributed by atoms with van der Waals surface area (Å²) in [5, 5.41) is 11.5. The van der Waals surface area contributed by atoms with E-state index < -0.39 is 26.6 Å². The first-order valence-corrected chi connectivity index (χ1v) is 10.8. The van der Waals surface area contributed by atoms with Crippen LogP contribution in [0, 0.1) is 10.1 Å². The lowest BCUT2D eigenvalue weighted by molar-refractivity contribution is -0.384. The lowest BCUT2D eigenvalue weighted by Crippen LogP contribution is -2.34. The molecule has 0 aliphatic carbocycles. The highest BCUT2D eigenvalue weighted by Gasteiger charge is 2.24. The molecule has 0 radical (unpaired) electrons. The van der Waals surface area contributed by atoms with E-state index in [4.69, 9.17) is 4.74 Å². The summed E-state index contributed by atoms with van der Waals surface area (Å²) in [5.74, 6) is 0. The van der Waals surface area contributed by atoms with Crippen molar-refractivity contribution >= 4 is 33.2 Å². The van der Waals surface area contributed by atoms with E-state index in [1.165, 1.54) is 24.1 Å². The largest absolute Gasteiger partial charge is 0.443 e. The molecule has 2 rings (SSSR count). The van der Waals surface area contributed by atoms with Gasteiger partial charge in [0.1, 0.15) is 11.3 Å². The summed E-state index contributed by atoms with van der Waals surface area (Å²) < 4.78 is 29.7.